The third kappa shape index (κ3) is 6.53. The molecule has 0 amide bonds. The molecule has 0 saturated carbocycles. The first kappa shape index (κ1) is 11.1. The molecule has 0 aliphatic carbocycles. The highest BCUT2D eigenvalue weighted by Crippen LogP contribution is 2.08. The molecule has 0 spiro atoms. The van der Waals surface area contributed by atoms with Crippen molar-refractivity contribution in [3.63, 3.8) is 0 Å². The van der Waals surface area contributed by atoms with E-state index in [1.165, 1.54) is 0 Å². The molecule has 66 valence electrons. The summed E-state index contributed by atoms with van der Waals surface area (Å²) in [4.78, 5) is 0. The fourth-order valence-corrected chi connectivity index (χ4v) is 0.843. The Morgan fingerprint density at radius 3 is 2.55 bits per heavy atom. The summed E-state index contributed by atoms with van der Waals surface area (Å²) in [6, 6.07) is 0. The van der Waals surface area contributed by atoms with Gasteiger partial charge in [0.15, 0.2) is 0 Å². The van der Waals surface area contributed by atoms with E-state index in [-0.39, 0.29) is 12.1 Å². The molecule has 0 heterocycles. The van der Waals surface area contributed by atoms with E-state index < -0.39 is 0 Å². The molecule has 0 aliphatic rings. The predicted octanol–water partition coefficient (Wildman–Crippen LogP) is 1.65. The first-order chi connectivity index (χ1) is 4.98. The molecular weight excluding hydrogens is 206 g/mol. The van der Waals surface area contributed by atoms with Crippen LogP contribution in [0.3, 0.4) is 0 Å². The SMILES string of the molecule is C=C(Br)CNC(C)(C)CCO. The zero-order valence-corrected chi connectivity index (χ0v) is 8.74. The first-order valence-electron chi connectivity index (χ1n) is 3.67. The average Bonchev–Trinajstić information content (AvgIpc) is 1.84. The summed E-state index contributed by atoms with van der Waals surface area (Å²) in [6.07, 6.45) is 0.757. The van der Waals surface area contributed by atoms with Crippen LogP contribution >= 0.6 is 15.9 Å². The molecule has 0 fully saturated rings. The number of aliphatic hydroxyl groups excluding tert-OH is 1. The van der Waals surface area contributed by atoms with E-state index in [9.17, 15) is 0 Å². The molecule has 0 rings (SSSR count). The van der Waals surface area contributed by atoms with E-state index in [1.54, 1.807) is 0 Å². The van der Waals surface area contributed by atoms with Crippen molar-refractivity contribution in [3.8, 4) is 0 Å². The monoisotopic (exact) mass is 221 g/mol. The summed E-state index contributed by atoms with van der Waals surface area (Å²) in [6.45, 7) is 8.78. The third-order valence-electron chi connectivity index (χ3n) is 1.50. The number of aliphatic hydroxyl groups is 1. The molecule has 11 heavy (non-hydrogen) atoms. The standard InChI is InChI=1S/C8H16BrNO/c1-7(9)6-10-8(2,3)4-5-11/h10-11H,1,4-6H2,2-3H3. The zero-order valence-electron chi connectivity index (χ0n) is 7.15. The molecule has 0 aliphatic heterocycles. The normalized spacial score (nSPS) is 11.6. The van der Waals surface area contributed by atoms with Crippen molar-refractivity contribution in [2.75, 3.05) is 13.2 Å². The van der Waals surface area contributed by atoms with E-state index in [4.69, 9.17) is 5.11 Å². The van der Waals surface area contributed by atoms with E-state index in [1.807, 2.05) is 0 Å². The second-order valence-electron chi connectivity index (χ2n) is 3.23. The fraction of sp³-hybridized carbons (Fsp3) is 0.750. The van der Waals surface area contributed by atoms with Crippen molar-refractivity contribution in [1.29, 1.82) is 0 Å². The zero-order chi connectivity index (χ0) is 8.91. The van der Waals surface area contributed by atoms with Crippen LogP contribution in [0.1, 0.15) is 20.3 Å². The van der Waals surface area contributed by atoms with Crippen molar-refractivity contribution in [2.45, 2.75) is 25.8 Å². The van der Waals surface area contributed by atoms with Crippen LogP contribution in [0.2, 0.25) is 0 Å². The minimum absolute atomic E-state index is 0.00847. The maximum atomic E-state index is 8.69. The van der Waals surface area contributed by atoms with Crippen LogP contribution in [0, 0.1) is 0 Å². The van der Waals surface area contributed by atoms with Crippen LogP contribution in [0.5, 0.6) is 0 Å². The topological polar surface area (TPSA) is 32.3 Å². The number of hydrogen-bond donors (Lipinski definition) is 2. The molecule has 2 nitrogen and oxygen atoms in total. The predicted molar refractivity (Wildman–Crippen MR) is 51.9 cm³/mol. The molecule has 0 unspecified atom stereocenters. The molecule has 0 bridgehead atoms. The van der Waals surface area contributed by atoms with Crippen molar-refractivity contribution in [2.24, 2.45) is 0 Å². The Kier molecular flexibility index (Phi) is 4.97. The van der Waals surface area contributed by atoms with Crippen molar-refractivity contribution >= 4 is 15.9 Å². The quantitative estimate of drug-likeness (QED) is 0.741. The van der Waals surface area contributed by atoms with Gasteiger partial charge in [0.2, 0.25) is 0 Å². The lowest BCUT2D eigenvalue weighted by molar-refractivity contribution is 0.234. The lowest BCUT2D eigenvalue weighted by atomic mass is 10.0. The Hall–Kier alpha value is 0.140. The molecule has 2 N–H and O–H groups in total. The van der Waals surface area contributed by atoms with Crippen LogP contribution in [0.25, 0.3) is 0 Å². The molecule has 0 saturated heterocycles. The van der Waals surface area contributed by atoms with Gasteiger partial charge in [0.1, 0.15) is 0 Å². The summed E-state index contributed by atoms with van der Waals surface area (Å²) in [5, 5.41) is 11.9. The Labute approximate surface area is 76.8 Å². The van der Waals surface area contributed by atoms with Crippen LogP contribution in [-0.2, 0) is 0 Å². The van der Waals surface area contributed by atoms with Crippen molar-refractivity contribution < 1.29 is 5.11 Å². The van der Waals surface area contributed by atoms with Gasteiger partial charge in [-0.2, -0.15) is 0 Å². The molecule has 0 aromatic rings. The Morgan fingerprint density at radius 2 is 2.18 bits per heavy atom. The van der Waals surface area contributed by atoms with E-state index >= 15 is 0 Å². The number of rotatable bonds is 5. The summed E-state index contributed by atoms with van der Waals surface area (Å²) < 4.78 is 0.934. The van der Waals surface area contributed by atoms with Crippen LogP contribution in [0.15, 0.2) is 11.1 Å². The van der Waals surface area contributed by atoms with E-state index in [0.717, 1.165) is 17.4 Å². The Morgan fingerprint density at radius 1 is 1.64 bits per heavy atom. The average molecular weight is 222 g/mol. The minimum atomic E-state index is -0.00847. The highest BCUT2D eigenvalue weighted by atomic mass is 79.9. The summed E-state index contributed by atoms with van der Waals surface area (Å²) in [5.74, 6) is 0. The Balaban J connectivity index is 3.63. The number of halogens is 1. The van der Waals surface area contributed by atoms with Gasteiger partial charge >= 0.3 is 0 Å². The van der Waals surface area contributed by atoms with Crippen molar-refractivity contribution in [3.05, 3.63) is 11.1 Å². The van der Waals surface area contributed by atoms with Gasteiger partial charge in [0.05, 0.1) is 0 Å². The van der Waals surface area contributed by atoms with Crippen molar-refractivity contribution in [1.82, 2.24) is 5.32 Å². The minimum Gasteiger partial charge on any atom is -0.396 e. The highest BCUT2D eigenvalue weighted by Gasteiger charge is 2.15. The summed E-state index contributed by atoms with van der Waals surface area (Å²) in [7, 11) is 0. The number of hydrogen-bond acceptors (Lipinski definition) is 2. The summed E-state index contributed by atoms with van der Waals surface area (Å²) in [5.41, 5.74) is -0.00847. The molecule has 0 radical (unpaired) electrons. The Bertz CT molecular complexity index is 134. The van der Waals surface area contributed by atoms with Crippen LogP contribution < -0.4 is 5.32 Å². The lowest BCUT2D eigenvalue weighted by Gasteiger charge is -2.25. The second-order valence-corrected chi connectivity index (χ2v) is 4.35. The van der Waals surface area contributed by atoms with Gasteiger partial charge in [-0.3, -0.25) is 0 Å². The maximum Gasteiger partial charge on any atom is 0.0448 e. The van der Waals surface area contributed by atoms with Gasteiger partial charge in [-0.25, -0.2) is 0 Å². The highest BCUT2D eigenvalue weighted by molar-refractivity contribution is 9.11. The number of nitrogens with one attached hydrogen (secondary N) is 1. The second kappa shape index (κ2) is 4.91. The lowest BCUT2D eigenvalue weighted by Crippen LogP contribution is -2.40. The van der Waals surface area contributed by atoms with Gasteiger partial charge in [-0.15, -0.1) is 0 Å². The largest absolute Gasteiger partial charge is 0.396 e. The molecule has 0 aromatic heterocycles. The van der Waals surface area contributed by atoms with Gasteiger partial charge in [-0.05, 0) is 20.3 Å². The van der Waals surface area contributed by atoms with Gasteiger partial charge in [-0.1, -0.05) is 22.5 Å². The van der Waals surface area contributed by atoms with Gasteiger partial charge in [0.25, 0.3) is 0 Å². The molecular formula is C8H16BrNO. The van der Waals surface area contributed by atoms with E-state index in [0.29, 0.717) is 0 Å². The third-order valence-corrected chi connectivity index (χ3v) is 1.78. The molecule has 0 aromatic carbocycles. The van der Waals surface area contributed by atoms with Crippen LogP contribution in [-0.4, -0.2) is 23.8 Å². The summed E-state index contributed by atoms with van der Waals surface area (Å²) >= 11 is 3.26. The maximum absolute atomic E-state index is 8.69. The smallest absolute Gasteiger partial charge is 0.0448 e. The van der Waals surface area contributed by atoms with Gasteiger partial charge < -0.3 is 10.4 Å². The van der Waals surface area contributed by atoms with E-state index in [2.05, 4.69) is 41.7 Å². The fourth-order valence-electron chi connectivity index (χ4n) is 0.703. The first-order valence-corrected chi connectivity index (χ1v) is 4.46. The van der Waals surface area contributed by atoms with Gasteiger partial charge in [0, 0.05) is 23.2 Å². The molecule has 3 heteroatoms. The van der Waals surface area contributed by atoms with Crippen LogP contribution in [0.4, 0.5) is 0 Å². The molecule has 0 atom stereocenters.